The van der Waals surface area contributed by atoms with Gasteiger partial charge < -0.3 is 4.74 Å². The lowest BCUT2D eigenvalue weighted by atomic mass is 10.2. The summed E-state index contributed by atoms with van der Waals surface area (Å²) >= 11 is 0. The summed E-state index contributed by atoms with van der Waals surface area (Å²) in [4.78, 5) is 3.87. The van der Waals surface area contributed by atoms with Crippen molar-refractivity contribution in [2.75, 3.05) is 7.11 Å². The number of methoxy groups -OCH3 is 1. The minimum absolute atomic E-state index is 0.0662. The number of benzene rings is 1. The highest BCUT2D eigenvalue weighted by atomic mass is 32.2. The SMILES string of the molecule is COc1cc(CNS(=O)(=O)c2cc(F)ccc2C)ccn1. The van der Waals surface area contributed by atoms with Gasteiger partial charge in [0.1, 0.15) is 5.82 Å². The lowest BCUT2D eigenvalue weighted by molar-refractivity contribution is 0.397. The van der Waals surface area contributed by atoms with Crippen molar-refractivity contribution in [2.45, 2.75) is 18.4 Å². The molecule has 112 valence electrons. The first-order chi connectivity index (χ1) is 9.92. The Morgan fingerprint density at radius 2 is 2.05 bits per heavy atom. The van der Waals surface area contributed by atoms with E-state index in [4.69, 9.17) is 4.74 Å². The van der Waals surface area contributed by atoms with Crippen LogP contribution in [0.15, 0.2) is 41.4 Å². The number of nitrogens with one attached hydrogen (secondary N) is 1. The van der Waals surface area contributed by atoms with Crippen molar-refractivity contribution in [3.05, 3.63) is 53.5 Å². The first kappa shape index (κ1) is 15.4. The maximum atomic E-state index is 13.2. The van der Waals surface area contributed by atoms with E-state index in [-0.39, 0.29) is 11.4 Å². The molecule has 0 radical (unpaired) electrons. The fourth-order valence-corrected chi connectivity index (χ4v) is 3.06. The van der Waals surface area contributed by atoms with Gasteiger partial charge in [-0.25, -0.2) is 22.5 Å². The van der Waals surface area contributed by atoms with Crippen LogP contribution in [0.2, 0.25) is 0 Å². The molecule has 0 amide bonds. The van der Waals surface area contributed by atoms with Crippen molar-refractivity contribution < 1.29 is 17.5 Å². The molecule has 21 heavy (non-hydrogen) atoms. The van der Waals surface area contributed by atoms with Gasteiger partial charge in [0.15, 0.2) is 0 Å². The highest BCUT2D eigenvalue weighted by molar-refractivity contribution is 7.89. The number of nitrogens with zero attached hydrogens (tertiary/aromatic N) is 1. The largest absolute Gasteiger partial charge is 0.481 e. The van der Waals surface area contributed by atoms with Gasteiger partial charge in [-0.15, -0.1) is 0 Å². The molecule has 5 nitrogen and oxygen atoms in total. The number of hydrogen-bond donors (Lipinski definition) is 1. The maximum Gasteiger partial charge on any atom is 0.241 e. The lowest BCUT2D eigenvalue weighted by Crippen LogP contribution is -2.24. The molecule has 0 saturated heterocycles. The van der Waals surface area contributed by atoms with Gasteiger partial charge in [-0.3, -0.25) is 0 Å². The van der Waals surface area contributed by atoms with Crippen molar-refractivity contribution in [3.8, 4) is 5.88 Å². The molecule has 0 unspecified atom stereocenters. The minimum Gasteiger partial charge on any atom is -0.481 e. The summed E-state index contributed by atoms with van der Waals surface area (Å²) in [5, 5.41) is 0. The first-order valence-electron chi connectivity index (χ1n) is 6.17. The molecule has 1 aromatic carbocycles. The molecule has 1 heterocycles. The number of rotatable bonds is 5. The van der Waals surface area contributed by atoms with Gasteiger partial charge >= 0.3 is 0 Å². The van der Waals surface area contributed by atoms with E-state index in [2.05, 4.69) is 9.71 Å². The number of aryl methyl sites for hydroxylation is 1. The Balaban J connectivity index is 2.19. The number of pyridine rings is 1. The maximum absolute atomic E-state index is 13.2. The summed E-state index contributed by atoms with van der Waals surface area (Å²) in [6, 6.07) is 6.96. The summed E-state index contributed by atoms with van der Waals surface area (Å²) in [5.74, 6) is -0.194. The second-order valence-electron chi connectivity index (χ2n) is 4.44. The predicted molar refractivity (Wildman–Crippen MR) is 76.0 cm³/mol. The monoisotopic (exact) mass is 310 g/mol. The number of sulfonamides is 1. The van der Waals surface area contributed by atoms with Crippen LogP contribution < -0.4 is 9.46 Å². The molecular formula is C14H15FN2O3S. The van der Waals surface area contributed by atoms with Gasteiger partial charge in [0.25, 0.3) is 0 Å². The Labute approximate surface area is 122 Å². The smallest absolute Gasteiger partial charge is 0.241 e. The van der Waals surface area contributed by atoms with E-state index >= 15 is 0 Å². The average Bonchev–Trinajstić information content (AvgIpc) is 2.48. The van der Waals surface area contributed by atoms with Gasteiger partial charge in [-0.1, -0.05) is 6.07 Å². The average molecular weight is 310 g/mol. The van der Waals surface area contributed by atoms with Gasteiger partial charge in [-0.2, -0.15) is 0 Å². The molecule has 0 fully saturated rings. The molecule has 0 aliphatic rings. The Morgan fingerprint density at radius 1 is 1.29 bits per heavy atom. The van der Waals surface area contributed by atoms with Crippen molar-refractivity contribution in [1.29, 1.82) is 0 Å². The summed E-state index contributed by atoms with van der Waals surface area (Å²) < 4.78 is 45.0. The molecule has 0 atom stereocenters. The third-order valence-corrected chi connectivity index (χ3v) is 4.46. The van der Waals surface area contributed by atoms with Crippen LogP contribution in [0.5, 0.6) is 5.88 Å². The molecule has 1 N–H and O–H groups in total. The Hall–Kier alpha value is -1.99. The predicted octanol–water partition coefficient (Wildman–Crippen LogP) is 2.02. The van der Waals surface area contributed by atoms with Crippen molar-refractivity contribution in [3.63, 3.8) is 0 Å². The second kappa shape index (κ2) is 6.19. The minimum atomic E-state index is -3.78. The molecule has 0 aliphatic carbocycles. The summed E-state index contributed by atoms with van der Waals surface area (Å²) in [6.07, 6.45) is 1.52. The molecule has 0 saturated carbocycles. The Kier molecular flexibility index (Phi) is 4.54. The van der Waals surface area contributed by atoms with Gasteiger partial charge in [0, 0.05) is 18.8 Å². The molecule has 2 aromatic rings. The number of aromatic nitrogens is 1. The van der Waals surface area contributed by atoms with Crippen LogP contribution in [-0.4, -0.2) is 20.5 Å². The third kappa shape index (κ3) is 3.77. The molecular weight excluding hydrogens is 295 g/mol. The van der Waals surface area contributed by atoms with Crippen molar-refractivity contribution in [2.24, 2.45) is 0 Å². The van der Waals surface area contributed by atoms with E-state index in [0.29, 0.717) is 17.0 Å². The normalized spacial score (nSPS) is 11.4. The third-order valence-electron chi connectivity index (χ3n) is 2.91. The van der Waals surface area contributed by atoms with E-state index in [1.54, 1.807) is 19.1 Å². The van der Waals surface area contributed by atoms with Crippen LogP contribution in [0.4, 0.5) is 4.39 Å². The standard InChI is InChI=1S/C14H15FN2O3S/c1-10-3-4-12(15)8-13(10)21(18,19)17-9-11-5-6-16-14(7-11)20-2/h3-8,17H,9H2,1-2H3. The summed E-state index contributed by atoms with van der Waals surface area (Å²) in [5.41, 5.74) is 1.18. The van der Waals surface area contributed by atoms with Crippen LogP contribution in [0, 0.1) is 12.7 Å². The molecule has 7 heteroatoms. The zero-order chi connectivity index (χ0) is 15.5. The summed E-state index contributed by atoms with van der Waals surface area (Å²) in [7, 11) is -2.30. The Bertz CT molecular complexity index is 748. The fourth-order valence-electron chi connectivity index (χ4n) is 1.79. The van der Waals surface area contributed by atoms with Crippen LogP contribution in [0.3, 0.4) is 0 Å². The highest BCUT2D eigenvalue weighted by Gasteiger charge is 2.17. The van der Waals surface area contributed by atoms with Crippen LogP contribution >= 0.6 is 0 Å². The van der Waals surface area contributed by atoms with E-state index in [1.165, 1.54) is 25.4 Å². The number of halogens is 1. The van der Waals surface area contributed by atoms with Gasteiger partial charge in [0.05, 0.1) is 12.0 Å². The second-order valence-corrected chi connectivity index (χ2v) is 6.18. The molecule has 0 bridgehead atoms. The zero-order valence-corrected chi connectivity index (χ0v) is 12.4. The van der Waals surface area contributed by atoms with Crippen LogP contribution in [-0.2, 0) is 16.6 Å². The molecule has 0 aliphatic heterocycles. The van der Waals surface area contributed by atoms with E-state index in [1.807, 2.05) is 0 Å². The summed E-state index contributed by atoms with van der Waals surface area (Å²) in [6.45, 7) is 1.68. The number of hydrogen-bond acceptors (Lipinski definition) is 4. The van der Waals surface area contributed by atoms with Crippen LogP contribution in [0.1, 0.15) is 11.1 Å². The number of ether oxygens (including phenoxy) is 1. The molecule has 1 aromatic heterocycles. The van der Waals surface area contributed by atoms with Gasteiger partial charge in [0.2, 0.25) is 15.9 Å². The van der Waals surface area contributed by atoms with Crippen LogP contribution in [0.25, 0.3) is 0 Å². The van der Waals surface area contributed by atoms with Crippen molar-refractivity contribution >= 4 is 10.0 Å². The first-order valence-corrected chi connectivity index (χ1v) is 7.65. The Morgan fingerprint density at radius 3 is 2.76 bits per heavy atom. The fraction of sp³-hybridized carbons (Fsp3) is 0.214. The highest BCUT2D eigenvalue weighted by Crippen LogP contribution is 2.17. The molecule has 2 rings (SSSR count). The topological polar surface area (TPSA) is 68.3 Å². The molecule has 0 spiro atoms. The van der Waals surface area contributed by atoms with E-state index < -0.39 is 15.8 Å². The zero-order valence-electron chi connectivity index (χ0n) is 11.6. The van der Waals surface area contributed by atoms with Gasteiger partial charge in [-0.05, 0) is 36.2 Å². The van der Waals surface area contributed by atoms with Crippen molar-refractivity contribution in [1.82, 2.24) is 9.71 Å². The van der Waals surface area contributed by atoms with E-state index in [0.717, 1.165) is 6.07 Å². The quantitative estimate of drug-likeness (QED) is 0.917. The lowest BCUT2D eigenvalue weighted by Gasteiger charge is -2.10. The van der Waals surface area contributed by atoms with E-state index in [9.17, 15) is 12.8 Å².